The highest BCUT2D eigenvalue weighted by atomic mass is 16.7. The lowest BCUT2D eigenvalue weighted by Gasteiger charge is -2.46. The van der Waals surface area contributed by atoms with Crippen molar-refractivity contribution in [3.63, 3.8) is 0 Å². The first-order chi connectivity index (χ1) is 20.9. The maximum absolute atomic E-state index is 12.8. The Morgan fingerprint density at radius 3 is 2.16 bits per heavy atom. The molecule has 2 aromatic carbocycles. The molecule has 15 nitrogen and oxygen atoms in total. The molecule has 0 aromatic heterocycles. The van der Waals surface area contributed by atoms with E-state index in [-0.39, 0.29) is 30.3 Å². The summed E-state index contributed by atoms with van der Waals surface area (Å²) < 4.78 is 28.2. The monoisotopic (exact) mass is 624 g/mol. The van der Waals surface area contributed by atoms with Crippen LogP contribution in [0.15, 0.2) is 42.5 Å². The molecular weight excluding hydrogens is 588 g/mol. The highest BCUT2D eigenvalue weighted by Gasteiger charge is 2.52. The number of ether oxygens (including phenoxy) is 5. The molecule has 242 valence electrons. The third-order valence-electron chi connectivity index (χ3n) is 7.27. The number of carbonyl (C=O) groups is 1. The SMILES string of the molecule is C[C@@H]1O[C@@H](O[C@H]2[C@H](O)[C@@H](OCCc3ccc(O)c(O)c3)O[C@@H](CO)[C@@H]2OC(=O)C=Cc2ccc(O)c(O)c2)[C@H](O)[C@H](O)[C@H]1O. The van der Waals surface area contributed by atoms with E-state index in [2.05, 4.69) is 0 Å². The first kappa shape index (κ1) is 33.4. The summed E-state index contributed by atoms with van der Waals surface area (Å²) in [5.41, 5.74) is 0.914. The lowest BCUT2D eigenvalue weighted by Crippen LogP contribution is -2.65. The number of phenols is 4. The largest absolute Gasteiger partial charge is 0.504 e. The van der Waals surface area contributed by atoms with E-state index in [9.17, 15) is 50.8 Å². The normalized spacial score (nSPS) is 32.5. The van der Waals surface area contributed by atoms with E-state index in [1.807, 2.05) is 0 Å². The van der Waals surface area contributed by atoms with Crippen molar-refractivity contribution >= 4 is 12.0 Å². The van der Waals surface area contributed by atoms with Gasteiger partial charge in [-0.05, 0) is 54.8 Å². The molecule has 2 aromatic rings. The van der Waals surface area contributed by atoms with Gasteiger partial charge in [0.05, 0.1) is 19.3 Å². The second-order valence-electron chi connectivity index (χ2n) is 10.4. The molecule has 9 N–H and O–H groups in total. The molecule has 0 radical (unpaired) electrons. The van der Waals surface area contributed by atoms with Crippen LogP contribution >= 0.6 is 0 Å². The van der Waals surface area contributed by atoms with E-state index < -0.39 is 79.7 Å². The lowest BCUT2D eigenvalue weighted by atomic mass is 9.97. The van der Waals surface area contributed by atoms with Gasteiger partial charge in [-0.3, -0.25) is 0 Å². The quantitative estimate of drug-likeness (QED) is 0.0873. The maximum Gasteiger partial charge on any atom is 0.331 e. The Bertz CT molecular complexity index is 1300. The van der Waals surface area contributed by atoms with E-state index in [1.165, 1.54) is 43.3 Å². The van der Waals surface area contributed by atoms with Gasteiger partial charge in [-0.2, -0.15) is 0 Å². The predicted octanol–water partition coefficient (Wildman–Crippen LogP) is -1.02. The summed E-state index contributed by atoms with van der Waals surface area (Å²) in [6, 6.07) is 7.98. The Morgan fingerprint density at radius 2 is 1.50 bits per heavy atom. The molecule has 2 fully saturated rings. The second-order valence-corrected chi connectivity index (χ2v) is 10.4. The lowest BCUT2D eigenvalue weighted by molar-refractivity contribution is -0.357. The molecule has 2 heterocycles. The maximum atomic E-state index is 12.8. The smallest absolute Gasteiger partial charge is 0.331 e. The van der Waals surface area contributed by atoms with Crippen LogP contribution in [-0.4, -0.2) is 127 Å². The van der Waals surface area contributed by atoms with Gasteiger partial charge < -0.3 is 69.6 Å². The molecule has 4 rings (SSSR count). The Kier molecular flexibility index (Phi) is 11.0. The van der Waals surface area contributed by atoms with Gasteiger partial charge in [0.15, 0.2) is 41.7 Å². The molecule has 2 saturated heterocycles. The van der Waals surface area contributed by atoms with Crippen molar-refractivity contribution in [1.29, 1.82) is 0 Å². The summed E-state index contributed by atoms with van der Waals surface area (Å²) in [5, 5.41) is 90.5. The summed E-state index contributed by atoms with van der Waals surface area (Å²) >= 11 is 0. The number of esters is 1. The fraction of sp³-hybridized carbons (Fsp3) is 0.483. The van der Waals surface area contributed by atoms with Gasteiger partial charge in [0.2, 0.25) is 0 Å². The summed E-state index contributed by atoms with van der Waals surface area (Å²) in [6.45, 7) is 0.606. The molecule has 2 aliphatic heterocycles. The van der Waals surface area contributed by atoms with Crippen molar-refractivity contribution in [3.05, 3.63) is 53.6 Å². The van der Waals surface area contributed by atoms with E-state index in [0.717, 1.165) is 6.08 Å². The zero-order valence-corrected chi connectivity index (χ0v) is 23.5. The molecule has 2 aliphatic rings. The molecule has 0 aliphatic carbocycles. The fourth-order valence-electron chi connectivity index (χ4n) is 4.76. The average molecular weight is 625 g/mol. The Hall–Kier alpha value is -3.51. The average Bonchev–Trinajstić information content (AvgIpc) is 2.99. The van der Waals surface area contributed by atoms with Crippen LogP contribution in [0, 0.1) is 0 Å². The summed E-state index contributed by atoms with van der Waals surface area (Å²) in [5.74, 6) is -2.40. The van der Waals surface area contributed by atoms with Crippen molar-refractivity contribution in [1.82, 2.24) is 0 Å². The zero-order valence-electron chi connectivity index (χ0n) is 23.5. The van der Waals surface area contributed by atoms with Crippen molar-refractivity contribution in [3.8, 4) is 23.0 Å². The van der Waals surface area contributed by atoms with Gasteiger partial charge in [0, 0.05) is 6.08 Å². The molecule has 0 amide bonds. The minimum atomic E-state index is -1.77. The number of rotatable bonds is 10. The van der Waals surface area contributed by atoms with Crippen LogP contribution in [0.4, 0.5) is 0 Å². The number of aromatic hydroxyl groups is 4. The third kappa shape index (κ3) is 7.76. The van der Waals surface area contributed by atoms with Crippen LogP contribution in [0.1, 0.15) is 18.1 Å². The first-order valence-electron chi connectivity index (χ1n) is 13.7. The van der Waals surface area contributed by atoms with Crippen LogP contribution < -0.4 is 0 Å². The van der Waals surface area contributed by atoms with Gasteiger partial charge in [0.1, 0.15) is 36.6 Å². The van der Waals surface area contributed by atoms with Crippen molar-refractivity contribution in [2.45, 2.75) is 74.8 Å². The summed E-state index contributed by atoms with van der Waals surface area (Å²) in [6.07, 6.45) is -12.6. The van der Waals surface area contributed by atoms with Gasteiger partial charge in [0.25, 0.3) is 0 Å². The number of aliphatic hydroxyl groups is 5. The van der Waals surface area contributed by atoms with Gasteiger partial charge in [-0.15, -0.1) is 0 Å². The van der Waals surface area contributed by atoms with Crippen molar-refractivity contribution in [2.24, 2.45) is 0 Å². The van der Waals surface area contributed by atoms with E-state index in [1.54, 1.807) is 6.07 Å². The number of carbonyl (C=O) groups excluding carboxylic acids is 1. The van der Waals surface area contributed by atoms with Crippen molar-refractivity contribution in [2.75, 3.05) is 13.2 Å². The van der Waals surface area contributed by atoms with Crippen LogP contribution in [0.2, 0.25) is 0 Å². The minimum Gasteiger partial charge on any atom is -0.504 e. The van der Waals surface area contributed by atoms with E-state index >= 15 is 0 Å². The Labute approximate surface area is 251 Å². The highest BCUT2D eigenvalue weighted by molar-refractivity contribution is 5.87. The first-order valence-corrected chi connectivity index (χ1v) is 13.7. The molecule has 0 bridgehead atoms. The van der Waals surface area contributed by atoms with Crippen LogP contribution in [0.3, 0.4) is 0 Å². The van der Waals surface area contributed by atoms with Crippen molar-refractivity contribution < 1.29 is 74.4 Å². The number of phenolic OH excluding ortho intramolecular Hbond substituents is 4. The van der Waals surface area contributed by atoms with Gasteiger partial charge in [-0.25, -0.2) is 4.79 Å². The molecule has 15 heteroatoms. The number of hydrogen-bond donors (Lipinski definition) is 9. The van der Waals surface area contributed by atoms with Crippen LogP contribution in [0.25, 0.3) is 6.08 Å². The molecule has 0 unspecified atom stereocenters. The Morgan fingerprint density at radius 1 is 0.818 bits per heavy atom. The van der Waals surface area contributed by atoms with Crippen LogP contribution in [-0.2, 0) is 34.9 Å². The van der Waals surface area contributed by atoms with Crippen LogP contribution in [0.5, 0.6) is 23.0 Å². The predicted molar refractivity (Wildman–Crippen MR) is 147 cm³/mol. The fourth-order valence-corrected chi connectivity index (χ4v) is 4.76. The molecule has 44 heavy (non-hydrogen) atoms. The Balaban J connectivity index is 1.52. The van der Waals surface area contributed by atoms with E-state index in [0.29, 0.717) is 11.1 Å². The number of aliphatic hydroxyl groups excluding tert-OH is 5. The van der Waals surface area contributed by atoms with Gasteiger partial charge in [-0.1, -0.05) is 12.1 Å². The second kappa shape index (κ2) is 14.5. The number of hydrogen-bond acceptors (Lipinski definition) is 15. The molecule has 0 spiro atoms. The third-order valence-corrected chi connectivity index (χ3v) is 7.27. The standard InChI is InChI=1S/C29H36O15/c1-13-22(36)23(37)24(38)29(41-13)44-27-25(39)28(40-9-8-15-3-6-17(32)19(34)11-15)42-20(12-30)26(27)43-21(35)7-4-14-2-5-16(31)18(33)10-14/h2-7,10-11,13,20,22-34,36-39H,8-9,12H2,1H3/t13-,20-,22-,23+,24+,25-,26-,27-,28-,29-/m0/s1. The summed E-state index contributed by atoms with van der Waals surface area (Å²) in [4.78, 5) is 12.8. The number of benzene rings is 2. The molecular formula is C29H36O15. The highest BCUT2D eigenvalue weighted by Crippen LogP contribution is 2.32. The summed E-state index contributed by atoms with van der Waals surface area (Å²) in [7, 11) is 0. The zero-order chi connectivity index (χ0) is 32.1. The van der Waals surface area contributed by atoms with Gasteiger partial charge >= 0.3 is 5.97 Å². The minimum absolute atomic E-state index is 0.0754. The topological polar surface area (TPSA) is 245 Å². The van der Waals surface area contributed by atoms with E-state index in [4.69, 9.17) is 23.7 Å². The molecule has 10 atom stereocenters. The molecule has 0 saturated carbocycles.